The van der Waals surface area contributed by atoms with Crippen LogP contribution in [0.15, 0.2) is 34.8 Å². The van der Waals surface area contributed by atoms with Crippen LogP contribution in [0.4, 0.5) is 5.69 Å². The number of benzene rings is 2. The van der Waals surface area contributed by atoms with E-state index in [2.05, 4.69) is 15.9 Å². The van der Waals surface area contributed by atoms with Crippen molar-refractivity contribution in [2.24, 2.45) is 5.73 Å². The fraction of sp³-hybridized carbons (Fsp3) is 0.200. The number of hydrogen-bond acceptors (Lipinski definition) is 4. The molecule has 0 unspecified atom stereocenters. The number of nitro groups is 1. The molecule has 0 atom stereocenters. The van der Waals surface area contributed by atoms with E-state index in [1.54, 1.807) is 19.1 Å². The van der Waals surface area contributed by atoms with E-state index in [0.717, 1.165) is 15.6 Å². The van der Waals surface area contributed by atoms with Crippen LogP contribution in [0.1, 0.15) is 16.7 Å². The predicted molar refractivity (Wildman–Crippen MR) is 84.7 cm³/mol. The number of nitrogens with two attached hydrogens (primary N) is 1. The first-order chi connectivity index (χ1) is 9.92. The van der Waals surface area contributed by atoms with Crippen LogP contribution in [0.5, 0.6) is 11.5 Å². The molecule has 0 aliphatic rings. The van der Waals surface area contributed by atoms with Gasteiger partial charge in [-0.3, -0.25) is 10.1 Å². The van der Waals surface area contributed by atoms with Crippen molar-refractivity contribution in [3.8, 4) is 11.5 Å². The number of nitrogens with zero attached hydrogens (tertiary/aromatic N) is 1. The van der Waals surface area contributed by atoms with Crippen LogP contribution < -0.4 is 10.5 Å². The Morgan fingerprint density at radius 3 is 2.48 bits per heavy atom. The third-order valence-corrected chi connectivity index (χ3v) is 3.76. The summed E-state index contributed by atoms with van der Waals surface area (Å²) < 4.78 is 6.55. The first kappa shape index (κ1) is 15.5. The van der Waals surface area contributed by atoms with Crippen LogP contribution in [0.2, 0.25) is 0 Å². The standard InChI is InChI=1S/C15H15BrN2O3/c1-9-5-10(2)15(7-13(9)18(19)20)21-14-4-3-11(8-17)6-12(14)16/h3-7H,8,17H2,1-2H3. The number of rotatable bonds is 4. The molecule has 5 nitrogen and oxygen atoms in total. The summed E-state index contributed by atoms with van der Waals surface area (Å²) in [5, 5.41) is 11.0. The molecule has 0 radical (unpaired) electrons. The second kappa shape index (κ2) is 6.24. The number of ether oxygens (including phenoxy) is 1. The van der Waals surface area contributed by atoms with Crippen molar-refractivity contribution in [2.45, 2.75) is 20.4 Å². The van der Waals surface area contributed by atoms with Gasteiger partial charge in [-0.1, -0.05) is 6.07 Å². The molecular weight excluding hydrogens is 336 g/mol. The molecule has 0 heterocycles. The molecule has 2 aromatic rings. The largest absolute Gasteiger partial charge is 0.456 e. The summed E-state index contributed by atoms with van der Waals surface area (Å²) in [4.78, 5) is 10.6. The van der Waals surface area contributed by atoms with Crippen LogP contribution >= 0.6 is 15.9 Å². The third kappa shape index (κ3) is 3.40. The zero-order valence-electron chi connectivity index (χ0n) is 11.7. The SMILES string of the molecule is Cc1cc(C)c([N+](=O)[O-])cc1Oc1ccc(CN)cc1Br. The van der Waals surface area contributed by atoms with Crippen molar-refractivity contribution in [1.29, 1.82) is 0 Å². The van der Waals surface area contributed by atoms with E-state index in [1.807, 2.05) is 19.1 Å². The molecule has 2 N–H and O–H groups in total. The molecule has 0 amide bonds. The van der Waals surface area contributed by atoms with E-state index in [1.165, 1.54) is 6.07 Å². The Kier molecular flexibility index (Phi) is 4.59. The predicted octanol–water partition coefficient (Wildman–Crippen LogP) is 4.23. The molecule has 2 rings (SSSR count). The molecule has 110 valence electrons. The van der Waals surface area contributed by atoms with Gasteiger partial charge in [0.05, 0.1) is 15.5 Å². The van der Waals surface area contributed by atoms with E-state index in [9.17, 15) is 10.1 Å². The van der Waals surface area contributed by atoms with Crippen molar-refractivity contribution < 1.29 is 9.66 Å². The second-order valence-corrected chi connectivity index (χ2v) is 5.59. The highest BCUT2D eigenvalue weighted by Crippen LogP contribution is 2.35. The van der Waals surface area contributed by atoms with E-state index in [0.29, 0.717) is 23.6 Å². The lowest BCUT2D eigenvalue weighted by Crippen LogP contribution is -1.98. The highest BCUT2D eigenvalue weighted by Gasteiger charge is 2.15. The Hall–Kier alpha value is -1.92. The number of aryl methyl sites for hydroxylation is 2. The van der Waals surface area contributed by atoms with Crippen LogP contribution in [0.3, 0.4) is 0 Å². The van der Waals surface area contributed by atoms with Crippen molar-refractivity contribution in [2.75, 3.05) is 0 Å². The summed E-state index contributed by atoms with van der Waals surface area (Å²) >= 11 is 3.42. The average Bonchev–Trinajstić information content (AvgIpc) is 2.43. The lowest BCUT2D eigenvalue weighted by Gasteiger charge is -2.12. The van der Waals surface area contributed by atoms with Gasteiger partial charge < -0.3 is 10.5 Å². The smallest absolute Gasteiger partial charge is 0.276 e. The molecule has 0 aliphatic heterocycles. The van der Waals surface area contributed by atoms with Gasteiger partial charge in [-0.15, -0.1) is 0 Å². The van der Waals surface area contributed by atoms with Gasteiger partial charge in [0.2, 0.25) is 0 Å². The van der Waals surface area contributed by atoms with Gasteiger partial charge in [0.15, 0.2) is 0 Å². The summed E-state index contributed by atoms with van der Waals surface area (Å²) in [7, 11) is 0. The normalized spacial score (nSPS) is 10.5. The van der Waals surface area contributed by atoms with E-state index < -0.39 is 4.92 Å². The Morgan fingerprint density at radius 2 is 1.90 bits per heavy atom. The van der Waals surface area contributed by atoms with Crippen molar-refractivity contribution in [3.05, 3.63) is 61.6 Å². The molecule has 21 heavy (non-hydrogen) atoms. The monoisotopic (exact) mass is 350 g/mol. The van der Waals surface area contributed by atoms with Crippen LogP contribution in [0.25, 0.3) is 0 Å². The maximum absolute atomic E-state index is 11.0. The van der Waals surface area contributed by atoms with Gasteiger partial charge in [-0.05, 0) is 59.1 Å². The summed E-state index contributed by atoms with van der Waals surface area (Å²) in [6.07, 6.45) is 0. The summed E-state index contributed by atoms with van der Waals surface area (Å²) in [6.45, 7) is 4.00. The van der Waals surface area contributed by atoms with Crippen LogP contribution in [0, 0.1) is 24.0 Å². The van der Waals surface area contributed by atoms with E-state index >= 15 is 0 Å². The van der Waals surface area contributed by atoms with E-state index in [4.69, 9.17) is 10.5 Å². The van der Waals surface area contributed by atoms with Crippen molar-refractivity contribution >= 4 is 21.6 Å². The van der Waals surface area contributed by atoms with Gasteiger partial charge in [0.25, 0.3) is 5.69 Å². The van der Waals surface area contributed by atoms with Crippen LogP contribution in [-0.4, -0.2) is 4.92 Å². The maximum atomic E-state index is 11.0. The summed E-state index contributed by atoms with van der Waals surface area (Å²) in [5.41, 5.74) is 8.05. The third-order valence-electron chi connectivity index (χ3n) is 3.14. The van der Waals surface area contributed by atoms with Crippen LogP contribution in [-0.2, 0) is 6.54 Å². The lowest BCUT2D eigenvalue weighted by molar-refractivity contribution is -0.385. The molecule has 0 bridgehead atoms. The number of nitro benzene ring substituents is 1. The number of hydrogen-bond donors (Lipinski definition) is 1. The average molecular weight is 351 g/mol. The molecule has 0 fully saturated rings. The summed E-state index contributed by atoms with van der Waals surface area (Å²) in [6, 6.07) is 8.71. The minimum absolute atomic E-state index is 0.0466. The second-order valence-electron chi connectivity index (χ2n) is 4.73. The molecule has 6 heteroatoms. The van der Waals surface area contributed by atoms with Crippen molar-refractivity contribution in [1.82, 2.24) is 0 Å². The fourth-order valence-corrected chi connectivity index (χ4v) is 2.51. The molecular formula is C15H15BrN2O3. The van der Waals surface area contributed by atoms with Crippen molar-refractivity contribution in [3.63, 3.8) is 0 Å². The Morgan fingerprint density at radius 1 is 1.19 bits per heavy atom. The molecule has 2 aromatic carbocycles. The maximum Gasteiger partial charge on any atom is 0.276 e. The molecule has 0 saturated heterocycles. The Labute approximate surface area is 131 Å². The van der Waals surface area contributed by atoms with E-state index in [-0.39, 0.29) is 5.69 Å². The zero-order chi connectivity index (χ0) is 15.6. The lowest BCUT2D eigenvalue weighted by atomic mass is 10.1. The topological polar surface area (TPSA) is 78.4 Å². The number of halogens is 1. The fourth-order valence-electron chi connectivity index (χ4n) is 2.00. The minimum atomic E-state index is -0.409. The van der Waals surface area contributed by atoms with Gasteiger partial charge >= 0.3 is 0 Å². The van der Waals surface area contributed by atoms with Gasteiger partial charge in [-0.2, -0.15) is 0 Å². The molecule has 0 aromatic heterocycles. The Bertz CT molecular complexity index is 702. The van der Waals surface area contributed by atoms with Gasteiger partial charge in [-0.25, -0.2) is 0 Å². The van der Waals surface area contributed by atoms with Gasteiger partial charge in [0.1, 0.15) is 11.5 Å². The first-order valence-electron chi connectivity index (χ1n) is 6.34. The quantitative estimate of drug-likeness (QED) is 0.661. The molecule has 0 saturated carbocycles. The zero-order valence-corrected chi connectivity index (χ0v) is 13.3. The minimum Gasteiger partial charge on any atom is -0.456 e. The summed E-state index contributed by atoms with van der Waals surface area (Å²) in [5.74, 6) is 1.06. The van der Waals surface area contributed by atoms with Gasteiger partial charge in [0, 0.05) is 12.1 Å². The highest BCUT2D eigenvalue weighted by atomic mass is 79.9. The highest BCUT2D eigenvalue weighted by molar-refractivity contribution is 9.10. The first-order valence-corrected chi connectivity index (χ1v) is 7.13. The molecule has 0 aliphatic carbocycles. The molecule has 0 spiro atoms. The Balaban J connectivity index is 2.39.